The number of hydrogen-bond acceptors (Lipinski definition) is 6. The molecular formula is C13H31NaO6P2. The molecule has 6 nitrogen and oxygen atoms in total. The van der Waals surface area contributed by atoms with E-state index in [0.717, 1.165) is 0 Å². The van der Waals surface area contributed by atoms with Crippen LogP contribution in [0.1, 0.15) is 55.4 Å². The van der Waals surface area contributed by atoms with Crippen molar-refractivity contribution in [3.8, 4) is 0 Å². The van der Waals surface area contributed by atoms with Gasteiger partial charge >= 0.3 is 44.7 Å². The summed E-state index contributed by atoms with van der Waals surface area (Å²) < 4.78 is 47.3. The topological polar surface area (TPSA) is 71.1 Å². The molecule has 0 aromatic carbocycles. The van der Waals surface area contributed by atoms with Crippen LogP contribution in [0, 0.1) is 0 Å². The third kappa shape index (κ3) is 11.8. The van der Waals surface area contributed by atoms with Crippen molar-refractivity contribution in [2.75, 3.05) is 5.90 Å². The van der Waals surface area contributed by atoms with E-state index in [1.807, 2.05) is 0 Å². The van der Waals surface area contributed by atoms with Crippen molar-refractivity contribution in [2.24, 2.45) is 0 Å². The standard InChI is InChI=1S/C13H30O6P2.Na.H/c1-10(2)16-20(14,17-11(3)4)9-21(15,18-12(5)6)19-13(7)8;;/h10-13H,9H2,1-8H3;;. The van der Waals surface area contributed by atoms with Crippen LogP contribution in [-0.2, 0) is 27.2 Å². The molecule has 130 valence electrons. The van der Waals surface area contributed by atoms with E-state index in [4.69, 9.17) is 18.1 Å². The monoisotopic (exact) mass is 368 g/mol. The summed E-state index contributed by atoms with van der Waals surface area (Å²) in [6.45, 7) is 14.0. The van der Waals surface area contributed by atoms with Crippen molar-refractivity contribution in [3.05, 3.63) is 0 Å². The third-order valence-electron chi connectivity index (χ3n) is 1.83. The first-order valence-electron chi connectivity index (χ1n) is 7.29. The first kappa shape index (κ1) is 25.5. The molecule has 0 aliphatic carbocycles. The fourth-order valence-corrected chi connectivity index (χ4v) is 7.11. The molecule has 0 rings (SSSR count). The Bertz CT molecular complexity index is 334. The van der Waals surface area contributed by atoms with E-state index in [1.54, 1.807) is 55.4 Å². The summed E-state index contributed by atoms with van der Waals surface area (Å²) in [5.41, 5.74) is 0. The van der Waals surface area contributed by atoms with Crippen LogP contribution < -0.4 is 0 Å². The molecule has 0 N–H and O–H groups in total. The summed E-state index contributed by atoms with van der Waals surface area (Å²) in [5.74, 6) is -0.382. The minimum atomic E-state index is -3.58. The molecule has 0 bridgehead atoms. The van der Waals surface area contributed by atoms with Gasteiger partial charge < -0.3 is 18.1 Å². The van der Waals surface area contributed by atoms with E-state index in [2.05, 4.69) is 0 Å². The molecule has 22 heavy (non-hydrogen) atoms. The van der Waals surface area contributed by atoms with Crippen LogP contribution in [0.25, 0.3) is 0 Å². The fraction of sp³-hybridized carbons (Fsp3) is 1.00. The van der Waals surface area contributed by atoms with Crippen LogP contribution in [0.15, 0.2) is 0 Å². The second-order valence-corrected chi connectivity index (χ2v) is 10.4. The van der Waals surface area contributed by atoms with Crippen LogP contribution >= 0.6 is 15.2 Å². The van der Waals surface area contributed by atoms with Gasteiger partial charge in [0.15, 0.2) is 5.90 Å². The van der Waals surface area contributed by atoms with Crippen molar-refractivity contribution < 1.29 is 27.2 Å². The third-order valence-corrected chi connectivity index (χ3v) is 7.57. The maximum atomic E-state index is 12.8. The van der Waals surface area contributed by atoms with Crippen molar-refractivity contribution in [2.45, 2.75) is 79.8 Å². The summed E-state index contributed by atoms with van der Waals surface area (Å²) >= 11 is 0. The van der Waals surface area contributed by atoms with Crippen molar-refractivity contribution in [1.82, 2.24) is 0 Å². The Morgan fingerprint density at radius 3 is 0.909 bits per heavy atom. The van der Waals surface area contributed by atoms with Crippen molar-refractivity contribution >= 4 is 44.7 Å². The van der Waals surface area contributed by atoms with Gasteiger partial charge in [-0.25, -0.2) is 0 Å². The predicted molar refractivity (Wildman–Crippen MR) is 92.1 cm³/mol. The summed E-state index contributed by atoms with van der Waals surface area (Å²) in [4.78, 5) is 0. The van der Waals surface area contributed by atoms with Gasteiger partial charge in [0.05, 0.1) is 24.4 Å². The molecule has 0 aliphatic rings. The van der Waals surface area contributed by atoms with Crippen LogP contribution in [0.2, 0.25) is 0 Å². The van der Waals surface area contributed by atoms with Gasteiger partial charge in [-0.2, -0.15) is 0 Å². The number of rotatable bonds is 10. The van der Waals surface area contributed by atoms with E-state index in [1.165, 1.54) is 0 Å². The normalized spacial score (nSPS) is 13.3. The molecule has 0 amide bonds. The van der Waals surface area contributed by atoms with Crippen molar-refractivity contribution in [1.29, 1.82) is 0 Å². The van der Waals surface area contributed by atoms with E-state index >= 15 is 0 Å². The Kier molecular flexibility index (Phi) is 12.8. The van der Waals surface area contributed by atoms with Gasteiger partial charge in [-0.3, -0.25) is 9.13 Å². The average molecular weight is 368 g/mol. The number of hydrogen-bond donors (Lipinski definition) is 0. The summed E-state index contributed by atoms with van der Waals surface area (Å²) in [5, 5.41) is 0. The molecule has 0 aliphatic heterocycles. The molecule has 0 saturated heterocycles. The summed E-state index contributed by atoms with van der Waals surface area (Å²) in [7, 11) is -7.16. The van der Waals surface area contributed by atoms with Crippen molar-refractivity contribution in [3.63, 3.8) is 0 Å². The van der Waals surface area contributed by atoms with Gasteiger partial charge in [0.1, 0.15) is 0 Å². The Morgan fingerprint density at radius 2 is 0.773 bits per heavy atom. The molecule has 0 aromatic rings. The van der Waals surface area contributed by atoms with Gasteiger partial charge in [0, 0.05) is 0 Å². The molecule has 0 fully saturated rings. The molecular weight excluding hydrogens is 337 g/mol. The molecule has 0 aromatic heterocycles. The Morgan fingerprint density at radius 1 is 0.591 bits per heavy atom. The SMILES string of the molecule is CC(C)OP(=O)(CP(=O)(OC(C)C)OC(C)C)OC(C)C.[NaH]. The molecule has 0 atom stereocenters. The first-order chi connectivity index (χ1) is 9.37. The molecule has 0 heterocycles. The maximum absolute atomic E-state index is 12.8. The molecule has 0 saturated carbocycles. The minimum absolute atomic E-state index is 0. The van der Waals surface area contributed by atoms with Gasteiger partial charge in [-0.1, -0.05) is 0 Å². The van der Waals surface area contributed by atoms with E-state index < -0.39 is 15.2 Å². The Labute approximate surface area is 157 Å². The molecule has 0 radical (unpaired) electrons. The van der Waals surface area contributed by atoms with E-state index in [9.17, 15) is 9.13 Å². The predicted octanol–water partition coefficient (Wildman–Crippen LogP) is 4.38. The zero-order valence-corrected chi connectivity index (χ0v) is 16.1. The Hall–Kier alpha value is 1.30. The molecule has 9 heteroatoms. The second-order valence-electron chi connectivity index (χ2n) is 5.98. The van der Waals surface area contributed by atoms with Crippen LogP contribution in [-0.4, -0.2) is 59.9 Å². The Balaban J connectivity index is 0. The van der Waals surface area contributed by atoms with Gasteiger partial charge in [0.2, 0.25) is 0 Å². The average Bonchev–Trinajstić information content (AvgIpc) is 2.07. The molecule has 0 unspecified atom stereocenters. The van der Waals surface area contributed by atoms with Crippen LogP contribution in [0.4, 0.5) is 0 Å². The summed E-state index contributed by atoms with van der Waals surface area (Å²) in [6.07, 6.45) is -1.27. The second kappa shape index (κ2) is 11.0. The summed E-state index contributed by atoms with van der Waals surface area (Å²) in [6, 6.07) is 0. The fourth-order valence-electron chi connectivity index (χ4n) is 1.68. The van der Waals surface area contributed by atoms with Gasteiger partial charge in [-0.15, -0.1) is 0 Å². The van der Waals surface area contributed by atoms with E-state index in [-0.39, 0.29) is 59.9 Å². The van der Waals surface area contributed by atoms with Gasteiger partial charge in [-0.05, 0) is 55.4 Å². The van der Waals surface area contributed by atoms with E-state index in [0.29, 0.717) is 0 Å². The van der Waals surface area contributed by atoms with Gasteiger partial charge in [0.25, 0.3) is 0 Å². The zero-order valence-electron chi connectivity index (χ0n) is 14.4. The first-order valence-corrected chi connectivity index (χ1v) is 10.7. The van der Waals surface area contributed by atoms with Crippen LogP contribution in [0.5, 0.6) is 0 Å². The molecule has 0 spiro atoms. The van der Waals surface area contributed by atoms with Crippen LogP contribution in [0.3, 0.4) is 0 Å². The zero-order chi connectivity index (χ0) is 16.8. The quantitative estimate of drug-likeness (QED) is 0.421.